The Balaban J connectivity index is 1.56. The van der Waals surface area contributed by atoms with E-state index >= 15 is 0 Å². The van der Waals surface area contributed by atoms with Gasteiger partial charge in [-0.1, -0.05) is 12.1 Å². The van der Waals surface area contributed by atoms with Crippen LogP contribution in [0.25, 0.3) is 29.1 Å². The van der Waals surface area contributed by atoms with Gasteiger partial charge in [0.05, 0.1) is 19.3 Å². The lowest BCUT2D eigenvalue weighted by Crippen LogP contribution is -2.03. The lowest BCUT2D eigenvalue weighted by Gasteiger charge is -2.13. The van der Waals surface area contributed by atoms with Crippen molar-refractivity contribution in [2.24, 2.45) is 5.92 Å². The highest BCUT2D eigenvalue weighted by atomic mass is 16.5. The Morgan fingerprint density at radius 2 is 2.03 bits per heavy atom. The van der Waals surface area contributed by atoms with Crippen molar-refractivity contribution in [2.75, 3.05) is 13.7 Å². The van der Waals surface area contributed by atoms with Crippen LogP contribution in [-0.4, -0.2) is 33.2 Å². The zero-order valence-corrected chi connectivity index (χ0v) is 17.6. The van der Waals surface area contributed by atoms with E-state index in [-0.39, 0.29) is 0 Å². The van der Waals surface area contributed by atoms with Gasteiger partial charge in [0.1, 0.15) is 23.2 Å². The summed E-state index contributed by atoms with van der Waals surface area (Å²) in [4.78, 5) is 13.7. The Bertz CT molecular complexity index is 1330. The van der Waals surface area contributed by atoms with Gasteiger partial charge in [0, 0.05) is 18.0 Å². The van der Waals surface area contributed by atoms with Crippen LogP contribution in [0.5, 0.6) is 11.5 Å². The number of pyridine rings is 2. The number of para-hydroxylation sites is 1. The van der Waals surface area contributed by atoms with Crippen molar-refractivity contribution in [3.8, 4) is 23.4 Å². The van der Waals surface area contributed by atoms with Crippen LogP contribution in [0.4, 0.5) is 0 Å². The molecule has 1 aliphatic carbocycles. The van der Waals surface area contributed by atoms with E-state index in [4.69, 9.17) is 19.7 Å². The first kappa shape index (κ1) is 19.8. The summed E-state index contributed by atoms with van der Waals surface area (Å²) in [7, 11) is 1.65. The Hall–Kier alpha value is -4.18. The fourth-order valence-electron chi connectivity index (χ4n) is 3.48. The molecule has 0 atom stereocenters. The summed E-state index contributed by atoms with van der Waals surface area (Å²) in [5, 5.41) is 9.09. The van der Waals surface area contributed by atoms with E-state index in [0.717, 1.165) is 16.8 Å². The number of aromatic nitrogens is 4. The highest BCUT2D eigenvalue weighted by Crippen LogP contribution is 2.36. The van der Waals surface area contributed by atoms with E-state index in [0.29, 0.717) is 41.1 Å². The molecule has 1 saturated carbocycles. The van der Waals surface area contributed by atoms with Gasteiger partial charge in [0.25, 0.3) is 0 Å². The predicted octanol–water partition coefficient (Wildman–Crippen LogP) is 4.65. The minimum atomic E-state index is 0.497. The molecule has 3 aromatic heterocycles. The summed E-state index contributed by atoms with van der Waals surface area (Å²) in [6.45, 7) is 0.693. The first-order valence-corrected chi connectivity index (χ1v) is 10.4. The molecule has 1 aromatic carbocycles. The first-order valence-electron chi connectivity index (χ1n) is 10.4. The number of rotatable bonds is 7. The lowest BCUT2D eigenvalue weighted by atomic mass is 10.1. The van der Waals surface area contributed by atoms with Gasteiger partial charge < -0.3 is 9.47 Å². The van der Waals surface area contributed by atoms with Crippen LogP contribution in [0.1, 0.15) is 29.8 Å². The normalized spacial score (nSPS) is 13.4. The Kier molecular flexibility index (Phi) is 5.26. The summed E-state index contributed by atoms with van der Waals surface area (Å²) in [5.41, 5.74) is 2.86. The molecule has 0 N–H and O–H groups in total. The summed E-state index contributed by atoms with van der Waals surface area (Å²) in [5.74, 6) is 3.38. The number of methoxy groups -OCH3 is 1. The molecule has 7 heteroatoms. The maximum Gasteiger partial charge on any atom is 0.168 e. The molecule has 32 heavy (non-hydrogen) atoms. The molecule has 3 heterocycles. The minimum Gasteiger partial charge on any atom is -0.493 e. The third-order valence-electron chi connectivity index (χ3n) is 5.35. The Labute approximate surface area is 185 Å². The Morgan fingerprint density at radius 3 is 2.78 bits per heavy atom. The van der Waals surface area contributed by atoms with Crippen molar-refractivity contribution in [1.82, 2.24) is 19.5 Å². The van der Waals surface area contributed by atoms with Gasteiger partial charge >= 0.3 is 0 Å². The van der Waals surface area contributed by atoms with Crippen molar-refractivity contribution in [3.63, 3.8) is 0 Å². The number of nitriles is 1. The van der Waals surface area contributed by atoms with Gasteiger partial charge in [-0.15, -0.1) is 0 Å². The van der Waals surface area contributed by atoms with E-state index in [2.05, 4.69) is 16.0 Å². The summed E-state index contributed by atoms with van der Waals surface area (Å²) >= 11 is 0. The second-order valence-electron chi connectivity index (χ2n) is 7.63. The molecule has 0 unspecified atom stereocenters. The monoisotopic (exact) mass is 423 g/mol. The third-order valence-corrected chi connectivity index (χ3v) is 5.35. The van der Waals surface area contributed by atoms with Gasteiger partial charge in [-0.25, -0.2) is 15.0 Å². The highest BCUT2D eigenvalue weighted by molar-refractivity contribution is 5.80. The summed E-state index contributed by atoms with van der Waals surface area (Å²) in [6.07, 6.45) is 9.59. The number of fused-ring (bicyclic) bond motifs is 1. The molecule has 4 aromatic rings. The van der Waals surface area contributed by atoms with Crippen LogP contribution in [-0.2, 0) is 0 Å². The molecule has 0 spiro atoms. The van der Waals surface area contributed by atoms with E-state index in [1.54, 1.807) is 31.6 Å². The smallest absolute Gasteiger partial charge is 0.168 e. The fraction of sp³-hybridized carbons (Fsp3) is 0.200. The molecule has 1 fully saturated rings. The van der Waals surface area contributed by atoms with Crippen LogP contribution in [0.3, 0.4) is 0 Å². The second-order valence-corrected chi connectivity index (χ2v) is 7.63. The molecule has 7 nitrogen and oxygen atoms in total. The molecule has 0 bridgehead atoms. The molecule has 5 rings (SSSR count). The highest BCUT2D eigenvalue weighted by Gasteiger charge is 2.23. The summed E-state index contributed by atoms with van der Waals surface area (Å²) < 4.78 is 13.5. The number of benzene rings is 1. The number of nitrogens with zero attached hydrogens (tertiary/aromatic N) is 5. The van der Waals surface area contributed by atoms with Crippen LogP contribution in [0.2, 0.25) is 0 Å². The molecular weight excluding hydrogens is 402 g/mol. The van der Waals surface area contributed by atoms with Crippen molar-refractivity contribution in [3.05, 3.63) is 71.8 Å². The van der Waals surface area contributed by atoms with Crippen LogP contribution in [0.15, 0.2) is 54.9 Å². The minimum absolute atomic E-state index is 0.497. The van der Waals surface area contributed by atoms with Crippen LogP contribution < -0.4 is 9.47 Å². The molecular formula is C25H21N5O2. The molecule has 0 radical (unpaired) electrons. The largest absolute Gasteiger partial charge is 0.493 e. The van der Waals surface area contributed by atoms with Gasteiger partial charge in [-0.3, -0.25) is 4.57 Å². The van der Waals surface area contributed by atoms with Crippen molar-refractivity contribution in [1.29, 1.82) is 5.26 Å². The van der Waals surface area contributed by atoms with E-state index in [1.165, 1.54) is 12.8 Å². The zero-order valence-electron chi connectivity index (χ0n) is 17.6. The third kappa shape index (κ3) is 3.91. The lowest BCUT2D eigenvalue weighted by molar-refractivity contribution is 0.280. The molecule has 0 aliphatic heterocycles. The van der Waals surface area contributed by atoms with Gasteiger partial charge in [-0.2, -0.15) is 5.26 Å². The molecule has 0 amide bonds. The average molecular weight is 423 g/mol. The van der Waals surface area contributed by atoms with Crippen LogP contribution in [0, 0.1) is 17.2 Å². The summed E-state index contributed by atoms with van der Waals surface area (Å²) in [6, 6.07) is 15.2. The number of hydrogen-bond acceptors (Lipinski definition) is 6. The maximum absolute atomic E-state index is 9.09. The standard InChI is InChI=1S/C25H21N5O2/c1-31-21-6-2-4-19(24(21)32-16-17-7-8-17)10-12-23-29-20-5-3-13-27-25(20)30(23)22-11-9-18(14-26)15-28-22/h2-6,9-13,15,17H,7-8,16H2,1H3. The molecule has 158 valence electrons. The number of ether oxygens (including phenoxy) is 2. The molecule has 0 saturated heterocycles. The fourth-order valence-corrected chi connectivity index (χ4v) is 3.48. The molecule has 1 aliphatic rings. The zero-order chi connectivity index (χ0) is 21.9. The average Bonchev–Trinajstić information content (AvgIpc) is 3.60. The van der Waals surface area contributed by atoms with Crippen molar-refractivity contribution >= 4 is 23.3 Å². The van der Waals surface area contributed by atoms with Crippen LogP contribution >= 0.6 is 0 Å². The van der Waals surface area contributed by atoms with Gasteiger partial charge in [-0.05, 0) is 61.2 Å². The number of hydrogen-bond donors (Lipinski definition) is 0. The SMILES string of the molecule is COc1cccc(C=Cc2nc3cccnc3n2-c2ccc(C#N)cn2)c1OCC1CC1. The number of imidazole rings is 1. The van der Waals surface area contributed by atoms with Gasteiger partial charge in [0.15, 0.2) is 17.1 Å². The van der Waals surface area contributed by atoms with Crippen molar-refractivity contribution in [2.45, 2.75) is 12.8 Å². The first-order chi connectivity index (χ1) is 15.8. The van der Waals surface area contributed by atoms with E-state index in [1.807, 2.05) is 47.1 Å². The van der Waals surface area contributed by atoms with Crippen molar-refractivity contribution < 1.29 is 9.47 Å². The Morgan fingerprint density at radius 1 is 1.12 bits per heavy atom. The second kappa shape index (κ2) is 8.52. The van der Waals surface area contributed by atoms with E-state index in [9.17, 15) is 0 Å². The maximum atomic E-state index is 9.09. The van der Waals surface area contributed by atoms with Gasteiger partial charge in [0.2, 0.25) is 0 Å². The topological polar surface area (TPSA) is 85.9 Å². The quantitative estimate of drug-likeness (QED) is 0.430. The van der Waals surface area contributed by atoms with E-state index < -0.39 is 0 Å². The predicted molar refractivity (Wildman–Crippen MR) is 122 cm³/mol.